The summed E-state index contributed by atoms with van der Waals surface area (Å²) < 4.78 is 5.22. The molecule has 1 aliphatic carbocycles. The quantitative estimate of drug-likeness (QED) is 0.769. The maximum absolute atomic E-state index is 12.6. The van der Waals surface area contributed by atoms with E-state index >= 15 is 0 Å². The van der Waals surface area contributed by atoms with Gasteiger partial charge in [-0.1, -0.05) is 6.07 Å². The number of nitrogens with zero attached hydrogens (tertiary/aromatic N) is 2. The van der Waals surface area contributed by atoms with E-state index < -0.39 is 0 Å². The Morgan fingerprint density at radius 2 is 1.96 bits per heavy atom. The fraction of sp³-hybridized carbons (Fsp3) is 0.579. The number of ether oxygens (including phenoxy) is 1. The SMILES string of the molecule is COc1ccc2c(c1)C(=O)N(CC1CCC(C(=O)N(C)OC)CC1)C2. The number of carbonyl (C=O) groups excluding carboxylic acids is 2. The Balaban J connectivity index is 1.55. The van der Waals surface area contributed by atoms with Gasteiger partial charge in [-0.3, -0.25) is 14.4 Å². The topological polar surface area (TPSA) is 59.1 Å². The third kappa shape index (κ3) is 3.63. The van der Waals surface area contributed by atoms with E-state index in [2.05, 4.69) is 0 Å². The lowest BCUT2D eigenvalue weighted by molar-refractivity contribution is -0.174. The second kappa shape index (κ2) is 7.44. The van der Waals surface area contributed by atoms with Gasteiger partial charge in [0.15, 0.2) is 0 Å². The van der Waals surface area contributed by atoms with E-state index in [1.165, 1.54) is 12.2 Å². The summed E-state index contributed by atoms with van der Waals surface area (Å²) in [6, 6.07) is 5.70. The van der Waals surface area contributed by atoms with Crippen molar-refractivity contribution in [2.45, 2.75) is 32.2 Å². The van der Waals surface area contributed by atoms with Crippen LogP contribution in [0, 0.1) is 11.8 Å². The molecule has 0 N–H and O–H groups in total. The van der Waals surface area contributed by atoms with Crippen molar-refractivity contribution in [3.05, 3.63) is 29.3 Å². The lowest BCUT2D eigenvalue weighted by atomic mass is 9.81. The molecule has 2 aliphatic rings. The van der Waals surface area contributed by atoms with E-state index in [9.17, 15) is 9.59 Å². The van der Waals surface area contributed by atoms with E-state index in [-0.39, 0.29) is 17.7 Å². The molecule has 136 valence electrons. The monoisotopic (exact) mass is 346 g/mol. The van der Waals surface area contributed by atoms with Crippen LogP contribution in [0.1, 0.15) is 41.6 Å². The summed E-state index contributed by atoms with van der Waals surface area (Å²) in [5.41, 5.74) is 1.82. The minimum Gasteiger partial charge on any atom is -0.497 e. The van der Waals surface area contributed by atoms with Crippen molar-refractivity contribution < 1.29 is 19.2 Å². The predicted octanol–water partition coefficient (Wildman–Crippen LogP) is 2.48. The second-order valence-electron chi connectivity index (χ2n) is 6.94. The van der Waals surface area contributed by atoms with Gasteiger partial charge in [0.2, 0.25) is 5.91 Å². The van der Waals surface area contributed by atoms with Crippen LogP contribution in [0.5, 0.6) is 5.75 Å². The van der Waals surface area contributed by atoms with E-state index in [1.54, 1.807) is 14.2 Å². The molecule has 6 heteroatoms. The van der Waals surface area contributed by atoms with Gasteiger partial charge in [0.1, 0.15) is 5.75 Å². The first-order valence-corrected chi connectivity index (χ1v) is 8.81. The number of fused-ring (bicyclic) bond motifs is 1. The zero-order valence-electron chi connectivity index (χ0n) is 15.2. The van der Waals surface area contributed by atoms with Crippen molar-refractivity contribution >= 4 is 11.8 Å². The highest BCUT2D eigenvalue weighted by Crippen LogP contribution is 2.33. The molecule has 1 aromatic rings. The molecule has 0 atom stereocenters. The lowest BCUT2D eigenvalue weighted by Gasteiger charge is -2.31. The van der Waals surface area contributed by atoms with E-state index in [4.69, 9.17) is 9.57 Å². The molecule has 0 saturated heterocycles. The molecule has 1 fully saturated rings. The third-order valence-electron chi connectivity index (χ3n) is 5.45. The Morgan fingerprint density at radius 1 is 1.24 bits per heavy atom. The molecule has 1 aliphatic heterocycles. The zero-order chi connectivity index (χ0) is 18.0. The predicted molar refractivity (Wildman–Crippen MR) is 93.0 cm³/mol. The van der Waals surface area contributed by atoms with Crippen LogP contribution in [0.15, 0.2) is 18.2 Å². The summed E-state index contributed by atoms with van der Waals surface area (Å²) in [7, 11) is 4.78. The number of methoxy groups -OCH3 is 1. The summed E-state index contributed by atoms with van der Waals surface area (Å²) in [4.78, 5) is 31.7. The fourth-order valence-corrected chi connectivity index (χ4v) is 3.87. The molecule has 3 rings (SSSR count). The van der Waals surface area contributed by atoms with Crippen molar-refractivity contribution in [1.82, 2.24) is 9.96 Å². The summed E-state index contributed by atoms with van der Waals surface area (Å²) in [5.74, 6) is 1.35. The Labute approximate surface area is 148 Å². The molecule has 0 aromatic heterocycles. The largest absolute Gasteiger partial charge is 0.497 e. The van der Waals surface area contributed by atoms with E-state index in [0.29, 0.717) is 12.5 Å². The molecule has 6 nitrogen and oxygen atoms in total. The van der Waals surface area contributed by atoms with Crippen LogP contribution in [-0.2, 0) is 16.2 Å². The van der Waals surface area contributed by atoms with Crippen molar-refractivity contribution in [3.63, 3.8) is 0 Å². The van der Waals surface area contributed by atoms with Crippen LogP contribution in [0.4, 0.5) is 0 Å². The number of hydrogen-bond donors (Lipinski definition) is 0. The van der Waals surface area contributed by atoms with Crippen molar-refractivity contribution in [1.29, 1.82) is 0 Å². The Hall–Kier alpha value is -2.08. The van der Waals surface area contributed by atoms with Crippen LogP contribution in [0.3, 0.4) is 0 Å². The summed E-state index contributed by atoms with van der Waals surface area (Å²) in [5, 5.41) is 1.32. The minimum absolute atomic E-state index is 0.0388. The molecule has 0 radical (unpaired) electrons. The average Bonchev–Trinajstić information content (AvgIpc) is 2.96. The maximum atomic E-state index is 12.6. The maximum Gasteiger partial charge on any atom is 0.254 e. The van der Waals surface area contributed by atoms with Crippen LogP contribution in [-0.4, -0.2) is 49.6 Å². The number of rotatable bonds is 5. The molecular weight excluding hydrogens is 320 g/mol. The molecule has 2 amide bonds. The van der Waals surface area contributed by atoms with Gasteiger partial charge in [0, 0.05) is 31.6 Å². The van der Waals surface area contributed by atoms with Gasteiger partial charge >= 0.3 is 0 Å². The number of benzene rings is 1. The molecule has 0 spiro atoms. The van der Waals surface area contributed by atoms with Gasteiger partial charge in [-0.2, -0.15) is 0 Å². The van der Waals surface area contributed by atoms with Crippen molar-refractivity contribution in [2.75, 3.05) is 27.8 Å². The molecule has 0 bridgehead atoms. The van der Waals surface area contributed by atoms with Crippen LogP contribution in [0.2, 0.25) is 0 Å². The highest BCUT2D eigenvalue weighted by Gasteiger charge is 2.33. The molecule has 1 heterocycles. The first-order valence-electron chi connectivity index (χ1n) is 8.81. The zero-order valence-corrected chi connectivity index (χ0v) is 15.2. The standard InChI is InChI=1S/C19H26N2O4/c1-20(25-3)18(22)14-6-4-13(5-7-14)11-21-12-15-8-9-16(24-2)10-17(15)19(21)23/h8-10,13-14H,4-7,11-12H2,1-3H3. The van der Waals surface area contributed by atoms with Crippen LogP contribution in [0.25, 0.3) is 0 Å². The summed E-state index contributed by atoms with van der Waals surface area (Å²) in [6.07, 6.45) is 3.66. The van der Waals surface area contributed by atoms with Crippen LogP contribution < -0.4 is 4.74 Å². The third-order valence-corrected chi connectivity index (χ3v) is 5.45. The summed E-state index contributed by atoms with van der Waals surface area (Å²) >= 11 is 0. The molecular formula is C19H26N2O4. The number of amides is 2. The van der Waals surface area contributed by atoms with E-state index in [1.807, 2.05) is 23.1 Å². The smallest absolute Gasteiger partial charge is 0.254 e. The molecule has 0 unspecified atom stereocenters. The second-order valence-corrected chi connectivity index (χ2v) is 6.94. The van der Waals surface area contributed by atoms with E-state index in [0.717, 1.165) is 49.1 Å². The van der Waals surface area contributed by atoms with Gasteiger partial charge < -0.3 is 9.64 Å². The van der Waals surface area contributed by atoms with Crippen LogP contribution >= 0.6 is 0 Å². The molecule has 1 saturated carbocycles. The average molecular weight is 346 g/mol. The molecule has 1 aromatic carbocycles. The van der Waals surface area contributed by atoms with Gasteiger partial charge in [0.25, 0.3) is 5.91 Å². The van der Waals surface area contributed by atoms with Gasteiger partial charge in [-0.15, -0.1) is 0 Å². The first-order chi connectivity index (χ1) is 12.0. The Morgan fingerprint density at radius 3 is 2.60 bits per heavy atom. The van der Waals surface area contributed by atoms with Crippen molar-refractivity contribution in [3.8, 4) is 5.75 Å². The number of hydrogen-bond acceptors (Lipinski definition) is 4. The highest BCUT2D eigenvalue weighted by molar-refractivity contribution is 5.98. The Kier molecular flexibility index (Phi) is 5.27. The summed E-state index contributed by atoms with van der Waals surface area (Å²) in [6.45, 7) is 1.43. The van der Waals surface area contributed by atoms with Gasteiger partial charge in [-0.25, -0.2) is 5.06 Å². The Bertz CT molecular complexity index is 653. The van der Waals surface area contributed by atoms with Crippen molar-refractivity contribution in [2.24, 2.45) is 11.8 Å². The molecule has 25 heavy (non-hydrogen) atoms. The highest BCUT2D eigenvalue weighted by atomic mass is 16.7. The first kappa shape index (κ1) is 17.7. The normalized spacial score (nSPS) is 22.7. The van der Waals surface area contributed by atoms with Gasteiger partial charge in [-0.05, 0) is 49.3 Å². The fourth-order valence-electron chi connectivity index (χ4n) is 3.87. The lowest BCUT2D eigenvalue weighted by Crippen LogP contribution is -2.36. The minimum atomic E-state index is 0.0388. The number of carbonyl (C=O) groups is 2. The van der Waals surface area contributed by atoms with Gasteiger partial charge in [0.05, 0.1) is 14.2 Å². The number of hydroxylamine groups is 2.